The molecule has 0 aliphatic carbocycles. The summed E-state index contributed by atoms with van der Waals surface area (Å²) in [4.78, 5) is 12.1. The average molecular weight is 218 g/mol. The molecule has 1 aromatic carbocycles. The summed E-state index contributed by atoms with van der Waals surface area (Å²) in [5.74, 6) is -0.441. The molecule has 1 rings (SSSR count). The molecule has 0 amide bonds. The predicted molar refractivity (Wildman–Crippen MR) is 65.4 cm³/mol. The van der Waals surface area contributed by atoms with Crippen molar-refractivity contribution in [3.05, 3.63) is 48.0 Å². The van der Waals surface area contributed by atoms with Gasteiger partial charge in [-0.2, -0.15) is 0 Å². The molecule has 0 saturated heterocycles. The molecular weight excluding hydrogens is 200 g/mol. The van der Waals surface area contributed by atoms with Crippen LogP contribution >= 0.6 is 0 Å². The molecule has 1 unspecified atom stereocenters. The van der Waals surface area contributed by atoms with Crippen LogP contribution < -0.4 is 0 Å². The standard InChI is InChI=1S/C14H18O2/c1-4-8-11(2)14(3,16)13(15)12-9-6-5-7-10-12/h4-11,16H,1-3H3/b8-4+/t11?,14-/m1/s1. The van der Waals surface area contributed by atoms with Crippen LogP contribution in [-0.4, -0.2) is 16.5 Å². The number of allylic oxidation sites excluding steroid dienone is 1. The molecule has 0 aliphatic heterocycles. The number of benzene rings is 1. The predicted octanol–water partition coefficient (Wildman–Crippen LogP) is 2.83. The Hall–Kier alpha value is -1.41. The van der Waals surface area contributed by atoms with Gasteiger partial charge in [0.2, 0.25) is 0 Å². The normalized spacial score (nSPS) is 17.0. The molecular formula is C14H18O2. The molecule has 0 fully saturated rings. The van der Waals surface area contributed by atoms with Crippen molar-refractivity contribution in [1.29, 1.82) is 0 Å². The molecule has 0 bridgehead atoms. The first-order valence-electron chi connectivity index (χ1n) is 5.45. The van der Waals surface area contributed by atoms with Gasteiger partial charge in [0, 0.05) is 11.5 Å². The summed E-state index contributed by atoms with van der Waals surface area (Å²) in [5.41, 5.74) is -0.808. The maximum atomic E-state index is 12.1. The maximum absolute atomic E-state index is 12.1. The summed E-state index contributed by atoms with van der Waals surface area (Å²) in [7, 11) is 0. The lowest BCUT2D eigenvalue weighted by Gasteiger charge is -2.26. The van der Waals surface area contributed by atoms with Gasteiger partial charge in [0.15, 0.2) is 5.78 Å². The third-order valence-corrected chi connectivity index (χ3v) is 2.86. The van der Waals surface area contributed by atoms with Gasteiger partial charge in [-0.15, -0.1) is 0 Å². The lowest BCUT2D eigenvalue weighted by molar-refractivity contribution is 0.0236. The molecule has 0 spiro atoms. The number of hydrogen-bond acceptors (Lipinski definition) is 2. The second-order valence-corrected chi connectivity index (χ2v) is 4.16. The minimum Gasteiger partial charge on any atom is -0.381 e. The molecule has 1 N–H and O–H groups in total. The van der Waals surface area contributed by atoms with Crippen molar-refractivity contribution in [3.63, 3.8) is 0 Å². The van der Waals surface area contributed by atoms with Crippen LogP contribution in [-0.2, 0) is 0 Å². The van der Waals surface area contributed by atoms with Gasteiger partial charge in [-0.3, -0.25) is 4.79 Å². The lowest BCUT2D eigenvalue weighted by Crippen LogP contribution is -2.41. The van der Waals surface area contributed by atoms with Crippen LogP contribution in [0.5, 0.6) is 0 Å². The van der Waals surface area contributed by atoms with Gasteiger partial charge in [0.25, 0.3) is 0 Å². The molecule has 2 atom stereocenters. The smallest absolute Gasteiger partial charge is 0.194 e. The van der Waals surface area contributed by atoms with E-state index in [2.05, 4.69) is 0 Å². The molecule has 86 valence electrons. The minimum absolute atomic E-state index is 0.204. The summed E-state index contributed by atoms with van der Waals surface area (Å²) < 4.78 is 0. The van der Waals surface area contributed by atoms with E-state index in [0.29, 0.717) is 5.56 Å². The molecule has 0 saturated carbocycles. The first kappa shape index (κ1) is 12.7. The van der Waals surface area contributed by atoms with E-state index in [1.54, 1.807) is 31.2 Å². The van der Waals surface area contributed by atoms with Gasteiger partial charge in [0.1, 0.15) is 5.60 Å². The second-order valence-electron chi connectivity index (χ2n) is 4.16. The summed E-state index contributed by atoms with van der Waals surface area (Å²) in [6.07, 6.45) is 3.68. The molecule has 16 heavy (non-hydrogen) atoms. The fraction of sp³-hybridized carbons (Fsp3) is 0.357. The number of ketones is 1. The van der Waals surface area contributed by atoms with Crippen LogP contribution in [0.2, 0.25) is 0 Å². The number of carbonyl (C=O) groups is 1. The summed E-state index contributed by atoms with van der Waals surface area (Å²) in [6.45, 7) is 5.27. The monoisotopic (exact) mass is 218 g/mol. The van der Waals surface area contributed by atoms with Crippen molar-refractivity contribution >= 4 is 5.78 Å². The number of Topliss-reactive ketones (excluding diaryl/α,β-unsaturated/α-hetero) is 1. The Balaban J connectivity index is 2.97. The molecule has 0 aliphatic rings. The first-order chi connectivity index (χ1) is 7.50. The van der Waals surface area contributed by atoms with Crippen molar-refractivity contribution in [2.24, 2.45) is 5.92 Å². The van der Waals surface area contributed by atoms with Gasteiger partial charge >= 0.3 is 0 Å². The summed E-state index contributed by atoms with van der Waals surface area (Å²) in [5, 5.41) is 10.2. The van der Waals surface area contributed by atoms with Gasteiger partial charge in [0.05, 0.1) is 0 Å². The molecule has 2 heteroatoms. The van der Waals surface area contributed by atoms with Gasteiger partial charge in [-0.1, -0.05) is 49.4 Å². The largest absolute Gasteiger partial charge is 0.381 e. The zero-order chi connectivity index (χ0) is 12.2. The van der Waals surface area contributed by atoms with Crippen molar-refractivity contribution < 1.29 is 9.90 Å². The third-order valence-electron chi connectivity index (χ3n) is 2.86. The summed E-state index contributed by atoms with van der Waals surface area (Å²) >= 11 is 0. The highest BCUT2D eigenvalue weighted by molar-refractivity contribution is 6.02. The van der Waals surface area contributed by atoms with E-state index in [-0.39, 0.29) is 11.7 Å². The highest BCUT2D eigenvalue weighted by Gasteiger charge is 2.35. The third kappa shape index (κ3) is 2.58. The average Bonchev–Trinajstić information content (AvgIpc) is 2.29. The fourth-order valence-electron chi connectivity index (χ4n) is 1.56. The lowest BCUT2D eigenvalue weighted by atomic mass is 9.83. The van der Waals surface area contributed by atoms with E-state index in [4.69, 9.17) is 0 Å². The SMILES string of the molecule is C/C=C/C(C)[C@@](C)(O)C(=O)c1ccccc1. The quantitative estimate of drug-likeness (QED) is 0.623. The number of hydrogen-bond donors (Lipinski definition) is 1. The van der Waals surface area contributed by atoms with Crippen LogP contribution in [0.1, 0.15) is 31.1 Å². The van der Waals surface area contributed by atoms with E-state index in [1.165, 1.54) is 0 Å². The summed E-state index contributed by atoms with van der Waals surface area (Å²) in [6, 6.07) is 8.88. The van der Waals surface area contributed by atoms with Crippen LogP contribution in [0.15, 0.2) is 42.5 Å². The van der Waals surface area contributed by atoms with Crippen LogP contribution in [0.4, 0.5) is 0 Å². The molecule has 0 aromatic heterocycles. The Morgan fingerprint density at radius 2 is 1.94 bits per heavy atom. The number of carbonyl (C=O) groups excluding carboxylic acids is 1. The zero-order valence-corrected chi connectivity index (χ0v) is 9.97. The van der Waals surface area contributed by atoms with Crippen LogP contribution in [0, 0.1) is 5.92 Å². The number of aliphatic hydroxyl groups is 1. The van der Waals surface area contributed by atoms with E-state index in [1.807, 2.05) is 32.1 Å². The Morgan fingerprint density at radius 1 is 1.38 bits per heavy atom. The van der Waals surface area contributed by atoms with Gasteiger partial charge in [-0.05, 0) is 13.8 Å². The van der Waals surface area contributed by atoms with Crippen molar-refractivity contribution in [3.8, 4) is 0 Å². The van der Waals surface area contributed by atoms with E-state index in [0.717, 1.165) is 0 Å². The van der Waals surface area contributed by atoms with E-state index >= 15 is 0 Å². The van der Waals surface area contributed by atoms with E-state index < -0.39 is 5.60 Å². The highest BCUT2D eigenvalue weighted by atomic mass is 16.3. The Labute approximate surface area is 96.6 Å². The maximum Gasteiger partial charge on any atom is 0.194 e. The molecule has 2 nitrogen and oxygen atoms in total. The van der Waals surface area contributed by atoms with Gasteiger partial charge < -0.3 is 5.11 Å². The Bertz CT molecular complexity index is 377. The number of rotatable bonds is 4. The second kappa shape index (κ2) is 5.08. The topological polar surface area (TPSA) is 37.3 Å². The molecule has 0 heterocycles. The molecule has 0 radical (unpaired) electrons. The Morgan fingerprint density at radius 3 is 2.44 bits per heavy atom. The van der Waals surface area contributed by atoms with Crippen LogP contribution in [0.3, 0.4) is 0 Å². The fourth-order valence-corrected chi connectivity index (χ4v) is 1.56. The van der Waals surface area contributed by atoms with Crippen molar-refractivity contribution in [1.82, 2.24) is 0 Å². The van der Waals surface area contributed by atoms with Gasteiger partial charge in [-0.25, -0.2) is 0 Å². The van der Waals surface area contributed by atoms with Crippen molar-refractivity contribution in [2.45, 2.75) is 26.4 Å². The minimum atomic E-state index is -1.35. The highest BCUT2D eigenvalue weighted by Crippen LogP contribution is 2.23. The Kier molecular flexibility index (Phi) is 4.02. The zero-order valence-electron chi connectivity index (χ0n) is 9.97. The van der Waals surface area contributed by atoms with E-state index in [9.17, 15) is 9.90 Å². The molecule has 1 aromatic rings. The van der Waals surface area contributed by atoms with Crippen molar-refractivity contribution in [2.75, 3.05) is 0 Å². The van der Waals surface area contributed by atoms with Crippen LogP contribution in [0.25, 0.3) is 0 Å². The first-order valence-corrected chi connectivity index (χ1v) is 5.45.